The van der Waals surface area contributed by atoms with Crippen molar-refractivity contribution in [2.45, 2.75) is 19.3 Å². The van der Waals surface area contributed by atoms with Crippen molar-refractivity contribution < 1.29 is 13.2 Å². The Morgan fingerprint density at radius 2 is 1.88 bits per heavy atom. The van der Waals surface area contributed by atoms with Gasteiger partial charge in [0, 0.05) is 13.1 Å². The van der Waals surface area contributed by atoms with E-state index in [9.17, 15) is 13.2 Å². The minimum absolute atomic E-state index is 0.133. The lowest BCUT2D eigenvalue weighted by molar-refractivity contribution is 0.0954. The minimum atomic E-state index is -3.33. The average molecular weight is 393 g/mol. The summed E-state index contributed by atoms with van der Waals surface area (Å²) in [5.74, 6) is -0.170. The van der Waals surface area contributed by atoms with Crippen LogP contribution in [-0.4, -0.2) is 33.2 Å². The highest BCUT2D eigenvalue weighted by Gasteiger charge is 2.27. The van der Waals surface area contributed by atoms with E-state index in [1.165, 1.54) is 4.31 Å². The van der Waals surface area contributed by atoms with Gasteiger partial charge in [-0.05, 0) is 43.0 Å². The minimum Gasteiger partial charge on any atom is -0.352 e. The number of hydrogen-bond donors (Lipinski definition) is 1. The quantitative estimate of drug-likeness (QED) is 0.849. The molecule has 0 spiro atoms. The summed E-state index contributed by atoms with van der Waals surface area (Å²) in [5.41, 5.74) is 1.91. The van der Waals surface area contributed by atoms with Crippen molar-refractivity contribution in [2.24, 2.45) is 0 Å². The van der Waals surface area contributed by atoms with Crippen molar-refractivity contribution in [2.75, 3.05) is 23.1 Å². The number of nitrogens with zero attached hydrogens (tertiary/aromatic N) is 1. The first-order valence-electron chi connectivity index (χ1n) is 8.59. The molecule has 0 unspecified atom stereocenters. The Kier molecular flexibility index (Phi) is 5.84. The fraction of sp³-hybridized carbons (Fsp3) is 0.316. The van der Waals surface area contributed by atoms with E-state index in [-0.39, 0.29) is 17.2 Å². The van der Waals surface area contributed by atoms with Gasteiger partial charge in [-0.3, -0.25) is 9.10 Å². The Balaban J connectivity index is 1.72. The van der Waals surface area contributed by atoms with E-state index in [1.54, 1.807) is 18.2 Å². The summed E-state index contributed by atoms with van der Waals surface area (Å²) in [7, 11) is -3.33. The third-order valence-electron chi connectivity index (χ3n) is 4.37. The summed E-state index contributed by atoms with van der Waals surface area (Å²) in [6.07, 6.45) is 2.18. The Morgan fingerprint density at radius 3 is 2.62 bits per heavy atom. The maximum Gasteiger partial charge on any atom is 0.252 e. The molecule has 1 aliphatic heterocycles. The zero-order chi connectivity index (χ0) is 18.6. The van der Waals surface area contributed by atoms with Crippen molar-refractivity contribution in [1.29, 1.82) is 0 Å². The van der Waals surface area contributed by atoms with Crippen molar-refractivity contribution in [3.63, 3.8) is 0 Å². The van der Waals surface area contributed by atoms with Crippen LogP contribution < -0.4 is 9.62 Å². The molecule has 1 fully saturated rings. The Labute approximate surface area is 159 Å². The number of anilines is 1. The highest BCUT2D eigenvalue weighted by Crippen LogP contribution is 2.27. The molecule has 26 heavy (non-hydrogen) atoms. The van der Waals surface area contributed by atoms with E-state index in [4.69, 9.17) is 11.6 Å². The van der Waals surface area contributed by atoms with Gasteiger partial charge < -0.3 is 5.32 Å². The highest BCUT2D eigenvalue weighted by atomic mass is 35.5. The number of sulfonamides is 1. The van der Waals surface area contributed by atoms with E-state index in [0.717, 1.165) is 12.0 Å². The normalized spacial score (nSPS) is 16.3. The van der Waals surface area contributed by atoms with Gasteiger partial charge in [-0.25, -0.2) is 8.42 Å². The van der Waals surface area contributed by atoms with E-state index in [2.05, 4.69) is 5.32 Å². The van der Waals surface area contributed by atoms with Gasteiger partial charge >= 0.3 is 0 Å². The number of halogens is 1. The third-order valence-corrected chi connectivity index (χ3v) is 6.57. The number of rotatable bonds is 5. The Bertz CT molecular complexity index is 885. The number of benzene rings is 2. The molecule has 0 aliphatic carbocycles. The second kappa shape index (κ2) is 8.10. The molecule has 0 bridgehead atoms. The molecule has 7 heteroatoms. The summed E-state index contributed by atoms with van der Waals surface area (Å²) >= 11 is 6.17. The number of amides is 1. The molecule has 1 heterocycles. The molecule has 0 radical (unpaired) electrons. The second-order valence-electron chi connectivity index (χ2n) is 6.25. The van der Waals surface area contributed by atoms with Gasteiger partial charge in [0.1, 0.15) is 0 Å². The smallest absolute Gasteiger partial charge is 0.252 e. The van der Waals surface area contributed by atoms with E-state index in [0.29, 0.717) is 36.6 Å². The first-order valence-corrected chi connectivity index (χ1v) is 10.6. The topological polar surface area (TPSA) is 66.5 Å². The van der Waals surface area contributed by atoms with E-state index in [1.807, 2.05) is 30.3 Å². The molecule has 138 valence electrons. The molecule has 2 aromatic rings. The molecule has 0 saturated carbocycles. The van der Waals surface area contributed by atoms with Crippen molar-refractivity contribution in [1.82, 2.24) is 5.32 Å². The van der Waals surface area contributed by atoms with Crippen LogP contribution in [0.4, 0.5) is 5.69 Å². The monoisotopic (exact) mass is 392 g/mol. The molecular formula is C19H21ClN2O3S. The highest BCUT2D eigenvalue weighted by molar-refractivity contribution is 7.92. The molecule has 1 aliphatic rings. The lowest BCUT2D eigenvalue weighted by Gasteiger charge is -2.28. The molecule has 1 N–H and O–H groups in total. The lowest BCUT2D eigenvalue weighted by atomic mass is 10.1. The number of nitrogens with one attached hydrogen (secondary N) is 1. The van der Waals surface area contributed by atoms with Crippen LogP contribution >= 0.6 is 11.6 Å². The van der Waals surface area contributed by atoms with Crippen LogP contribution in [0, 0.1) is 0 Å². The predicted molar refractivity (Wildman–Crippen MR) is 104 cm³/mol. The molecule has 0 aromatic heterocycles. The van der Waals surface area contributed by atoms with Crippen molar-refractivity contribution >= 4 is 33.2 Å². The summed E-state index contributed by atoms with van der Waals surface area (Å²) in [5, 5.41) is 3.15. The van der Waals surface area contributed by atoms with Crippen LogP contribution in [0.2, 0.25) is 5.02 Å². The van der Waals surface area contributed by atoms with Crippen molar-refractivity contribution in [3.8, 4) is 0 Å². The van der Waals surface area contributed by atoms with Crippen LogP contribution in [0.25, 0.3) is 0 Å². The van der Waals surface area contributed by atoms with Crippen LogP contribution in [0.3, 0.4) is 0 Å². The molecule has 0 atom stereocenters. The van der Waals surface area contributed by atoms with Gasteiger partial charge in [0.2, 0.25) is 10.0 Å². The first kappa shape index (κ1) is 18.7. The van der Waals surface area contributed by atoms with Crippen molar-refractivity contribution in [3.05, 3.63) is 64.7 Å². The van der Waals surface area contributed by atoms with Crippen LogP contribution in [-0.2, 0) is 16.4 Å². The second-order valence-corrected chi connectivity index (χ2v) is 8.67. The molecule has 3 rings (SSSR count). The molecule has 2 aromatic carbocycles. The summed E-state index contributed by atoms with van der Waals surface area (Å²) in [4.78, 5) is 12.5. The summed E-state index contributed by atoms with van der Waals surface area (Å²) < 4.78 is 25.9. The fourth-order valence-electron chi connectivity index (χ4n) is 2.98. The molecule has 1 saturated heterocycles. The van der Waals surface area contributed by atoms with Gasteiger partial charge in [0.25, 0.3) is 5.91 Å². The number of carbonyl (C=O) groups excluding carboxylic acids is 1. The van der Waals surface area contributed by atoms with Gasteiger partial charge in [-0.1, -0.05) is 41.9 Å². The van der Waals surface area contributed by atoms with E-state index >= 15 is 0 Å². The fourth-order valence-corrected chi connectivity index (χ4v) is 4.82. The van der Waals surface area contributed by atoms with Gasteiger partial charge in [0.15, 0.2) is 0 Å². The predicted octanol–water partition coefficient (Wildman–Crippen LogP) is 3.24. The SMILES string of the molecule is O=C(NCCc1ccccc1)c1cc(N2CCCCS2(=O)=O)ccc1Cl. The third kappa shape index (κ3) is 4.37. The van der Waals surface area contributed by atoms with Crippen LogP contribution in [0.15, 0.2) is 48.5 Å². The van der Waals surface area contributed by atoms with Gasteiger partial charge in [-0.2, -0.15) is 0 Å². The van der Waals surface area contributed by atoms with E-state index < -0.39 is 10.0 Å². The number of hydrogen-bond acceptors (Lipinski definition) is 3. The van der Waals surface area contributed by atoms with Crippen LogP contribution in [0.1, 0.15) is 28.8 Å². The maximum absolute atomic E-state index is 12.5. The molecular weight excluding hydrogens is 372 g/mol. The zero-order valence-corrected chi connectivity index (χ0v) is 15.9. The summed E-state index contributed by atoms with van der Waals surface area (Å²) in [6, 6.07) is 14.6. The largest absolute Gasteiger partial charge is 0.352 e. The first-order chi connectivity index (χ1) is 12.5. The number of carbonyl (C=O) groups is 1. The lowest BCUT2D eigenvalue weighted by Crippen LogP contribution is -2.38. The zero-order valence-electron chi connectivity index (χ0n) is 14.3. The van der Waals surface area contributed by atoms with Gasteiger partial charge in [0.05, 0.1) is 22.0 Å². The average Bonchev–Trinajstić information content (AvgIpc) is 2.63. The van der Waals surface area contributed by atoms with Crippen LogP contribution in [0.5, 0.6) is 0 Å². The van der Waals surface area contributed by atoms with Gasteiger partial charge in [-0.15, -0.1) is 0 Å². The summed E-state index contributed by atoms with van der Waals surface area (Å²) in [6.45, 7) is 0.907. The molecule has 1 amide bonds. The Morgan fingerprint density at radius 1 is 1.12 bits per heavy atom. The standard InChI is InChI=1S/C19H21ClN2O3S/c20-18-9-8-16(22-12-4-5-13-26(22,24)25)14-17(18)19(23)21-11-10-15-6-2-1-3-7-15/h1-3,6-9,14H,4-5,10-13H2,(H,21,23). The molecule has 5 nitrogen and oxygen atoms in total. The Hall–Kier alpha value is -2.05. The maximum atomic E-state index is 12.5.